The van der Waals surface area contributed by atoms with Gasteiger partial charge < -0.3 is 10.6 Å². The third-order valence-corrected chi connectivity index (χ3v) is 5.17. The van der Waals surface area contributed by atoms with Gasteiger partial charge in [-0.25, -0.2) is 9.38 Å². The van der Waals surface area contributed by atoms with Crippen LogP contribution in [0.15, 0.2) is 77.6 Å². The van der Waals surface area contributed by atoms with Gasteiger partial charge in [-0.3, -0.25) is 10.6 Å². The summed E-state index contributed by atoms with van der Waals surface area (Å²) in [6.07, 6.45) is 9.06. The van der Waals surface area contributed by atoms with E-state index < -0.39 is 5.79 Å². The Labute approximate surface area is 170 Å². The molecular formula is C23H26FN5. The number of aliphatic imine (C=N–C) groups is 1. The van der Waals surface area contributed by atoms with E-state index in [4.69, 9.17) is 5.73 Å². The summed E-state index contributed by atoms with van der Waals surface area (Å²) in [5.41, 5.74) is 9.08. The molecule has 2 aliphatic heterocycles. The van der Waals surface area contributed by atoms with Gasteiger partial charge in [-0.05, 0) is 41.8 Å². The number of halogens is 1. The average molecular weight is 391 g/mol. The maximum Gasteiger partial charge on any atom is 0.210 e. The zero-order valence-electron chi connectivity index (χ0n) is 16.3. The van der Waals surface area contributed by atoms with Crippen LogP contribution in [-0.4, -0.2) is 37.3 Å². The van der Waals surface area contributed by atoms with Gasteiger partial charge in [0, 0.05) is 38.0 Å². The van der Waals surface area contributed by atoms with Gasteiger partial charge in [0.15, 0.2) is 0 Å². The zero-order valence-corrected chi connectivity index (χ0v) is 16.3. The van der Waals surface area contributed by atoms with Gasteiger partial charge in [0.05, 0.1) is 0 Å². The Balaban J connectivity index is 1.40. The molecule has 4 rings (SSSR count). The number of nitrogens with one attached hydrogen (secondary N) is 2. The fraction of sp³-hybridized carbons (Fsp3) is 0.261. The maximum absolute atomic E-state index is 13.6. The first kappa shape index (κ1) is 19.4. The van der Waals surface area contributed by atoms with Crippen molar-refractivity contribution in [3.8, 4) is 11.1 Å². The second kappa shape index (κ2) is 8.59. The maximum atomic E-state index is 13.6. The first-order valence-electron chi connectivity index (χ1n) is 9.93. The Morgan fingerprint density at radius 2 is 1.86 bits per heavy atom. The first-order chi connectivity index (χ1) is 14.1. The summed E-state index contributed by atoms with van der Waals surface area (Å²) in [6, 6.07) is 14.3. The molecule has 0 radical (unpaired) electrons. The van der Waals surface area contributed by atoms with Gasteiger partial charge in [0.2, 0.25) is 5.79 Å². The lowest BCUT2D eigenvalue weighted by atomic mass is 9.99. The van der Waals surface area contributed by atoms with E-state index in [0.29, 0.717) is 0 Å². The van der Waals surface area contributed by atoms with Gasteiger partial charge in [0.1, 0.15) is 11.6 Å². The van der Waals surface area contributed by atoms with E-state index in [0.717, 1.165) is 55.1 Å². The fourth-order valence-electron chi connectivity index (χ4n) is 3.59. The molecule has 0 aromatic heterocycles. The van der Waals surface area contributed by atoms with Crippen LogP contribution in [0.3, 0.4) is 0 Å². The van der Waals surface area contributed by atoms with Crippen molar-refractivity contribution in [3.63, 3.8) is 0 Å². The molecule has 0 saturated carbocycles. The molecule has 0 spiro atoms. The lowest BCUT2D eigenvalue weighted by molar-refractivity contribution is 0.340. The number of hydrogen-bond donors (Lipinski definition) is 3. The lowest BCUT2D eigenvalue weighted by Crippen LogP contribution is -2.52. The third-order valence-electron chi connectivity index (χ3n) is 5.17. The van der Waals surface area contributed by atoms with E-state index in [1.54, 1.807) is 12.3 Å². The molecule has 4 N–H and O–H groups in total. The summed E-state index contributed by atoms with van der Waals surface area (Å²) in [6.45, 7) is 4.00. The molecule has 2 heterocycles. The molecule has 2 aromatic rings. The van der Waals surface area contributed by atoms with Crippen molar-refractivity contribution in [3.05, 3.63) is 84.0 Å². The molecule has 2 aromatic carbocycles. The molecule has 29 heavy (non-hydrogen) atoms. The molecule has 0 fully saturated rings. The summed E-state index contributed by atoms with van der Waals surface area (Å²) in [7, 11) is 0. The van der Waals surface area contributed by atoms with E-state index in [-0.39, 0.29) is 5.82 Å². The number of benzene rings is 2. The monoisotopic (exact) mass is 391 g/mol. The van der Waals surface area contributed by atoms with Crippen LogP contribution in [-0.2, 0) is 5.79 Å². The average Bonchev–Trinajstić information content (AvgIpc) is 3.25. The topological polar surface area (TPSA) is 65.7 Å². The van der Waals surface area contributed by atoms with E-state index in [9.17, 15) is 4.39 Å². The third kappa shape index (κ3) is 4.72. The number of nitrogens with zero attached hydrogens (tertiary/aromatic N) is 2. The number of nitrogens with two attached hydrogens (primary N) is 1. The SMILES string of the molecule is NC1(c2cccc(-c3cccc(F)c3)c2)N=CC=C(NCCCN2CC=CC2)N1. The molecule has 0 saturated heterocycles. The van der Waals surface area contributed by atoms with Crippen LogP contribution in [0.25, 0.3) is 11.1 Å². The summed E-state index contributed by atoms with van der Waals surface area (Å²) in [4.78, 5) is 6.86. The standard InChI is InChI=1S/C23H26FN5/c24-21-9-4-7-19(17-21)18-6-3-8-20(16-18)23(25)27-12-10-22(28-23)26-11-5-15-29-13-1-2-14-29/h1-4,6-10,12,16-17,26,28H,5,11,13-15,25H2. The minimum Gasteiger partial charge on any atom is -0.372 e. The smallest absolute Gasteiger partial charge is 0.210 e. The Bertz CT molecular complexity index is 944. The molecule has 2 aliphatic rings. The highest BCUT2D eigenvalue weighted by Gasteiger charge is 2.28. The van der Waals surface area contributed by atoms with E-state index in [1.807, 2.05) is 36.4 Å². The Morgan fingerprint density at radius 3 is 2.66 bits per heavy atom. The van der Waals surface area contributed by atoms with Crippen LogP contribution in [0.5, 0.6) is 0 Å². The summed E-state index contributed by atoms with van der Waals surface area (Å²) in [5.74, 6) is -0.485. The minimum atomic E-state index is -1.07. The van der Waals surface area contributed by atoms with Crippen molar-refractivity contribution < 1.29 is 4.39 Å². The number of allylic oxidation sites excluding steroid dienone is 1. The van der Waals surface area contributed by atoms with Crippen LogP contribution >= 0.6 is 0 Å². The Kier molecular flexibility index (Phi) is 5.74. The number of rotatable bonds is 7. The quantitative estimate of drug-likeness (QED) is 0.502. The van der Waals surface area contributed by atoms with Crippen LogP contribution in [0.2, 0.25) is 0 Å². The van der Waals surface area contributed by atoms with Crippen LogP contribution in [0, 0.1) is 5.82 Å². The van der Waals surface area contributed by atoms with Crippen molar-refractivity contribution in [2.75, 3.05) is 26.2 Å². The Hall–Kier alpha value is -2.96. The van der Waals surface area contributed by atoms with Crippen molar-refractivity contribution in [2.45, 2.75) is 12.2 Å². The highest BCUT2D eigenvalue weighted by atomic mass is 19.1. The minimum absolute atomic E-state index is 0.261. The predicted molar refractivity (Wildman–Crippen MR) is 116 cm³/mol. The summed E-state index contributed by atoms with van der Waals surface area (Å²) in [5, 5.41) is 6.70. The highest BCUT2D eigenvalue weighted by molar-refractivity contribution is 5.74. The molecule has 150 valence electrons. The number of hydrogen-bond acceptors (Lipinski definition) is 5. The highest BCUT2D eigenvalue weighted by Crippen LogP contribution is 2.26. The molecule has 0 amide bonds. The summed E-state index contributed by atoms with van der Waals surface area (Å²) >= 11 is 0. The summed E-state index contributed by atoms with van der Waals surface area (Å²) < 4.78 is 13.6. The van der Waals surface area contributed by atoms with Crippen molar-refractivity contribution in [2.24, 2.45) is 10.7 Å². The van der Waals surface area contributed by atoms with E-state index >= 15 is 0 Å². The molecule has 1 unspecified atom stereocenters. The van der Waals surface area contributed by atoms with Gasteiger partial charge in [-0.2, -0.15) is 0 Å². The normalized spacial score (nSPS) is 21.1. The second-order valence-electron chi connectivity index (χ2n) is 7.35. The molecule has 0 bridgehead atoms. The Morgan fingerprint density at radius 1 is 1.10 bits per heavy atom. The molecule has 5 nitrogen and oxygen atoms in total. The fourth-order valence-corrected chi connectivity index (χ4v) is 3.59. The predicted octanol–water partition coefficient (Wildman–Crippen LogP) is 2.93. The lowest BCUT2D eigenvalue weighted by Gasteiger charge is -2.32. The second-order valence-corrected chi connectivity index (χ2v) is 7.35. The van der Waals surface area contributed by atoms with Crippen molar-refractivity contribution in [1.29, 1.82) is 0 Å². The molecular weight excluding hydrogens is 365 g/mol. The largest absolute Gasteiger partial charge is 0.372 e. The van der Waals surface area contributed by atoms with Gasteiger partial charge in [-0.15, -0.1) is 0 Å². The zero-order chi connectivity index (χ0) is 20.1. The van der Waals surface area contributed by atoms with Gasteiger partial charge in [-0.1, -0.05) is 42.5 Å². The molecule has 0 aliphatic carbocycles. The van der Waals surface area contributed by atoms with Crippen molar-refractivity contribution >= 4 is 6.21 Å². The van der Waals surface area contributed by atoms with Crippen molar-refractivity contribution in [1.82, 2.24) is 15.5 Å². The first-order valence-corrected chi connectivity index (χ1v) is 9.93. The van der Waals surface area contributed by atoms with E-state index in [1.165, 1.54) is 12.1 Å². The molecule has 6 heteroatoms. The van der Waals surface area contributed by atoms with Gasteiger partial charge in [0.25, 0.3) is 0 Å². The van der Waals surface area contributed by atoms with Crippen LogP contribution in [0.4, 0.5) is 4.39 Å². The van der Waals surface area contributed by atoms with Crippen LogP contribution < -0.4 is 16.4 Å². The van der Waals surface area contributed by atoms with Crippen LogP contribution in [0.1, 0.15) is 12.0 Å². The molecule has 1 atom stereocenters. The van der Waals surface area contributed by atoms with E-state index in [2.05, 4.69) is 32.7 Å². The van der Waals surface area contributed by atoms with Gasteiger partial charge >= 0.3 is 0 Å².